The minimum atomic E-state index is -0.491. The van der Waals surface area contributed by atoms with Crippen molar-refractivity contribution in [2.45, 2.75) is 46.0 Å². The minimum Gasteiger partial charge on any atom is -0.455 e. The fraction of sp³-hybridized carbons (Fsp3) is 0.219. The Balaban J connectivity index is 1.40. The molecule has 6 heteroatoms. The molecule has 2 N–H and O–H groups in total. The molecule has 192 valence electrons. The first-order valence-corrected chi connectivity index (χ1v) is 12.9. The van der Waals surface area contributed by atoms with E-state index in [4.69, 9.17) is 4.42 Å². The number of fused-ring (bicyclic) bond motifs is 1. The van der Waals surface area contributed by atoms with Gasteiger partial charge in [-0.15, -0.1) is 0 Å². The number of hydrogen-bond acceptors (Lipinski definition) is 4. The smallest absolute Gasteiger partial charge is 0.291 e. The number of hydrogen-bond donors (Lipinski definition) is 2. The van der Waals surface area contributed by atoms with Crippen molar-refractivity contribution in [2.75, 3.05) is 5.32 Å². The lowest BCUT2D eigenvalue weighted by Gasteiger charge is -2.18. The van der Waals surface area contributed by atoms with Gasteiger partial charge in [-0.05, 0) is 68.0 Å². The lowest BCUT2D eigenvalue weighted by molar-refractivity contribution is -0.121. The highest BCUT2D eigenvalue weighted by atomic mass is 16.4. The summed E-state index contributed by atoms with van der Waals surface area (Å²) < 4.78 is 6.04. The van der Waals surface area contributed by atoms with Crippen LogP contribution in [-0.2, 0) is 11.2 Å². The highest BCUT2D eigenvalue weighted by molar-refractivity contribution is 6.09. The molecule has 0 atom stereocenters. The van der Waals surface area contributed by atoms with Gasteiger partial charge in [0.2, 0.25) is 0 Å². The summed E-state index contributed by atoms with van der Waals surface area (Å²) in [5.41, 5.74) is 9.87. The standard InChI is InChI=1S/C32H31N3O3/c1-20-17-18-25(19-21(20)2)33-32(37)30-22(3)28-26(15-10-16-27(28)38-30)34-35-31(36)29(23-11-6-4-7-12-23)24-13-8-5-9-14-24/h4-9,11-14,17-19,29H,10,15-16H2,1-3H3,(H,33,37)(H,35,36)/b34-26+. The zero-order valence-corrected chi connectivity index (χ0v) is 21.9. The first-order valence-electron chi connectivity index (χ1n) is 12.9. The SMILES string of the molecule is Cc1ccc(NC(=O)c2oc3c(c2C)/C(=N/NC(=O)C(c2ccccc2)c2ccccc2)CCC3)cc1C. The number of rotatable bonds is 6. The molecule has 6 nitrogen and oxygen atoms in total. The van der Waals surface area contributed by atoms with Crippen LogP contribution in [0.3, 0.4) is 0 Å². The first kappa shape index (κ1) is 25.2. The van der Waals surface area contributed by atoms with Gasteiger partial charge < -0.3 is 9.73 Å². The maximum atomic E-state index is 13.4. The molecule has 1 aromatic heterocycles. The van der Waals surface area contributed by atoms with Crippen molar-refractivity contribution in [3.05, 3.63) is 124 Å². The quantitative estimate of drug-likeness (QED) is 0.296. The Morgan fingerprint density at radius 3 is 2.13 bits per heavy atom. The van der Waals surface area contributed by atoms with Crippen molar-refractivity contribution in [3.63, 3.8) is 0 Å². The number of amides is 2. The Labute approximate surface area is 222 Å². The van der Waals surface area contributed by atoms with Crippen LogP contribution < -0.4 is 10.7 Å². The number of anilines is 1. The first-order chi connectivity index (χ1) is 18.4. The highest BCUT2D eigenvalue weighted by Crippen LogP contribution is 2.31. The molecule has 0 bridgehead atoms. The van der Waals surface area contributed by atoms with Crippen molar-refractivity contribution >= 4 is 23.2 Å². The molecule has 0 saturated heterocycles. The van der Waals surface area contributed by atoms with E-state index in [2.05, 4.69) is 15.8 Å². The van der Waals surface area contributed by atoms with E-state index < -0.39 is 5.92 Å². The van der Waals surface area contributed by atoms with Crippen LogP contribution in [0.2, 0.25) is 0 Å². The van der Waals surface area contributed by atoms with Gasteiger partial charge in [0.05, 0.1) is 11.6 Å². The number of furan rings is 1. The van der Waals surface area contributed by atoms with Gasteiger partial charge in [-0.25, -0.2) is 5.43 Å². The largest absolute Gasteiger partial charge is 0.455 e. The number of hydrazone groups is 1. The summed E-state index contributed by atoms with van der Waals surface area (Å²) >= 11 is 0. The molecule has 38 heavy (non-hydrogen) atoms. The molecule has 1 aliphatic carbocycles. The van der Waals surface area contributed by atoms with Crippen LogP contribution in [0.5, 0.6) is 0 Å². The van der Waals surface area contributed by atoms with E-state index in [1.54, 1.807) is 0 Å². The Hall–Kier alpha value is -4.45. The normalized spacial score (nSPS) is 13.8. The maximum absolute atomic E-state index is 13.4. The number of carbonyl (C=O) groups excluding carboxylic acids is 2. The third-order valence-corrected chi connectivity index (χ3v) is 7.13. The second-order valence-corrected chi connectivity index (χ2v) is 9.75. The highest BCUT2D eigenvalue weighted by Gasteiger charge is 2.29. The topological polar surface area (TPSA) is 83.7 Å². The van der Waals surface area contributed by atoms with Crippen LogP contribution >= 0.6 is 0 Å². The molecule has 0 spiro atoms. The summed E-state index contributed by atoms with van der Waals surface area (Å²) in [6.07, 6.45) is 2.23. The van der Waals surface area contributed by atoms with Gasteiger partial charge in [0, 0.05) is 23.2 Å². The van der Waals surface area contributed by atoms with Crippen molar-refractivity contribution in [1.82, 2.24) is 5.43 Å². The van der Waals surface area contributed by atoms with Crippen LogP contribution in [0.4, 0.5) is 5.69 Å². The average molecular weight is 506 g/mol. The lowest BCUT2D eigenvalue weighted by atomic mass is 9.90. The predicted molar refractivity (Wildman–Crippen MR) is 150 cm³/mol. The zero-order valence-electron chi connectivity index (χ0n) is 21.9. The Morgan fingerprint density at radius 1 is 0.842 bits per heavy atom. The molecular formula is C32H31N3O3. The van der Waals surface area contributed by atoms with E-state index in [1.807, 2.05) is 99.6 Å². The number of nitrogens with zero attached hydrogens (tertiary/aromatic N) is 1. The van der Waals surface area contributed by atoms with Gasteiger partial charge in [0.25, 0.3) is 11.8 Å². The summed E-state index contributed by atoms with van der Waals surface area (Å²) in [6, 6.07) is 25.2. The Bertz CT molecular complexity index is 1460. The Morgan fingerprint density at radius 2 is 1.50 bits per heavy atom. The molecule has 0 radical (unpaired) electrons. The molecule has 0 fully saturated rings. The van der Waals surface area contributed by atoms with Crippen molar-refractivity contribution in [3.8, 4) is 0 Å². The monoisotopic (exact) mass is 505 g/mol. The minimum absolute atomic E-state index is 0.212. The van der Waals surface area contributed by atoms with Crippen molar-refractivity contribution < 1.29 is 14.0 Å². The molecular weight excluding hydrogens is 474 g/mol. The third-order valence-electron chi connectivity index (χ3n) is 7.13. The molecule has 0 aliphatic heterocycles. The van der Waals surface area contributed by atoms with E-state index in [0.29, 0.717) is 6.42 Å². The fourth-order valence-electron chi connectivity index (χ4n) is 4.98. The molecule has 2 amide bonds. The molecule has 5 rings (SSSR count). The fourth-order valence-corrected chi connectivity index (χ4v) is 4.98. The van der Waals surface area contributed by atoms with Crippen LogP contribution in [0, 0.1) is 20.8 Å². The molecule has 0 unspecified atom stereocenters. The van der Waals surface area contributed by atoms with Gasteiger partial charge in [-0.3, -0.25) is 9.59 Å². The second kappa shape index (κ2) is 10.9. The zero-order chi connectivity index (χ0) is 26.6. The average Bonchev–Trinajstić information content (AvgIpc) is 3.28. The molecule has 1 aliphatic rings. The number of nitrogens with one attached hydrogen (secondary N) is 2. The molecule has 4 aromatic rings. The van der Waals surface area contributed by atoms with E-state index in [0.717, 1.165) is 63.4 Å². The number of carbonyl (C=O) groups is 2. The summed E-state index contributed by atoms with van der Waals surface area (Å²) in [7, 11) is 0. The number of benzene rings is 3. The van der Waals surface area contributed by atoms with Crippen molar-refractivity contribution in [1.29, 1.82) is 0 Å². The molecule has 1 heterocycles. The second-order valence-electron chi connectivity index (χ2n) is 9.75. The summed E-state index contributed by atoms with van der Waals surface area (Å²) in [5, 5.41) is 7.51. The third kappa shape index (κ3) is 5.16. The summed E-state index contributed by atoms with van der Waals surface area (Å²) in [5.74, 6) is 0.0115. The van der Waals surface area contributed by atoms with E-state index in [9.17, 15) is 9.59 Å². The van der Waals surface area contributed by atoms with Gasteiger partial charge in [-0.1, -0.05) is 66.7 Å². The van der Waals surface area contributed by atoms with E-state index >= 15 is 0 Å². The predicted octanol–water partition coefficient (Wildman–Crippen LogP) is 6.45. The van der Waals surface area contributed by atoms with E-state index in [1.165, 1.54) is 0 Å². The van der Waals surface area contributed by atoms with Crippen LogP contribution in [0.15, 0.2) is 88.4 Å². The van der Waals surface area contributed by atoms with Crippen LogP contribution in [0.25, 0.3) is 0 Å². The molecule has 3 aromatic carbocycles. The van der Waals surface area contributed by atoms with Crippen LogP contribution in [0.1, 0.15) is 68.5 Å². The van der Waals surface area contributed by atoms with E-state index in [-0.39, 0.29) is 17.6 Å². The van der Waals surface area contributed by atoms with Gasteiger partial charge in [-0.2, -0.15) is 5.10 Å². The summed E-state index contributed by atoms with van der Waals surface area (Å²) in [4.78, 5) is 26.6. The van der Waals surface area contributed by atoms with Crippen LogP contribution in [-0.4, -0.2) is 17.5 Å². The van der Waals surface area contributed by atoms with Gasteiger partial charge in [0.15, 0.2) is 5.76 Å². The lowest BCUT2D eigenvalue weighted by Crippen LogP contribution is -2.28. The maximum Gasteiger partial charge on any atom is 0.291 e. The van der Waals surface area contributed by atoms with Crippen molar-refractivity contribution in [2.24, 2.45) is 5.10 Å². The molecule has 0 saturated carbocycles. The van der Waals surface area contributed by atoms with Gasteiger partial charge in [0.1, 0.15) is 5.76 Å². The Kier molecular flexibility index (Phi) is 7.22. The van der Waals surface area contributed by atoms with Gasteiger partial charge >= 0.3 is 0 Å². The number of aryl methyl sites for hydroxylation is 3. The summed E-state index contributed by atoms with van der Waals surface area (Å²) in [6.45, 7) is 5.92.